The summed E-state index contributed by atoms with van der Waals surface area (Å²) in [7, 11) is 0. The molecule has 0 fully saturated rings. The van der Waals surface area contributed by atoms with Crippen LogP contribution in [0.25, 0.3) is 21.8 Å². The Morgan fingerprint density at radius 3 is 2.84 bits per heavy atom. The summed E-state index contributed by atoms with van der Waals surface area (Å²) in [6.07, 6.45) is 2.74. The Labute approximate surface area is 114 Å². The average molecular weight is 271 g/mol. The number of nitrogens with zero attached hydrogens (tertiary/aromatic N) is 2. The molecule has 0 atom stereocenters. The highest BCUT2D eigenvalue weighted by atomic mass is 32.1. The lowest BCUT2D eigenvalue weighted by Gasteiger charge is -1.99. The van der Waals surface area contributed by atoms with Crippen LogP contribution in [0.2, 0.25) is 0 Å². The predicted octanol–water partition coefficient (Wildman–Crippen LogP) is 3.61. The van der Waals surface area contributed by atoms with Gasteiger partial charge in [0.1, 0.15) is 5.69 Å². The lowest BCUT2D eigenvalue weighted by Crippen LogP contribution is -1.88. The molecule has 4 nitrogen and oxygen atoms in total. The molecule has 0 unspecified atom stereocenters. The molecule has 3 heterocycles. The second-order valence-corrected chi connectivity index (χ2v) is 5.27. The molecule has 0 saturated heterocycles. The van der Waals surface area contributed by atoms with Gasteiger partial charge in [0.05, 0.1) is 16.1 Å². The molecule has 0 bridgehead atoms. The van der Waals surface area contributed by atoms with E-state index in [1.165, 1.54) is 4.88 Å². The number of nitrogens with two attached hydrogens (primary N) is 1. The van der Waals surface area contributed by atoms with Gasteiger partial charge in [0.15, 0.2) is 0 Å². The number of hydrogen-bond donors (Lipinski definition) is 1. The maximum absolute atomic E-state index is 5.89. The van der Waals surface area contributed by atoms with Crippen LogP contribution in [-0.4, -0.2) is 10.1 Å². The number of nitrogen functional groups attached to an aromatic ring is 1. The zero-order chi connectivity index (χ0) is 13.2. The summed E-state index contributed by atoms with van der Waals surface area (Å²) >= 11 is 1.70. The minimum absolute atomic E-state index is 0.306. The molecule has 19 heavy (non-hydrogen) atoms. The van der Waals surface area contributed by atoms with Gasteiger partial charge in [0, 0.05) is 11.1 Å². The summed E-state index contributed by atoms with van der Waals surface area (Å²) in [4.78, 5) is 6.68. The summed E-state index contributed by atoms with van der Waals surface area (Å²) < 4.78 is 5.14. The van der Waals surface area contributed by atoms with Gasteiger partial charge in [-0.3, -0.25) is 4.98 Å². The number of aryl methyl sites for hydroxylation is 1. The topological polar surface area (TPSA) is 64.9 Å². The fourth-order valence-electron chi connectivity index (χ4n) is 1.92. The monoisotopic (exact) mass is 271 g/mol. The highest BCUT2D eigenvalue weighted by Gasteiger charge is 2.19. The van der Waals surface area contributed by atoms with Gasteiger partial charge in [-0.1, -0.05) is 18.1 Å². The minimum atomic E-state index is 0.306. The normalized spacial score (nSPS) is 10.8. The standard InChI is InChI=1S/C14H13N3OS/c1-2-9-6-7-11(19-9)13-12(14(15)18-17-13)10-5-3-4-8-16-10/h3-8H,2,15H2,1H3. The number of aromatic nitrogens is 2. The van der Waals surface area contributed by atoms with E-state index in [0.29, 0.717) is 5.88 Å². The van der Waals surface area contributed by atoms with Gasteiger partial charge in [-0.15, -0.1) is 11.3 Å². The third-order valence-electron chi connectivity index (χ3n) is 2.88. The van der Waals surface area contributed by atoms with Crippen molar-refractivity contribution < 1.29 is 4.52 Å². The first-order chi connectivity index (χ1) is 9.29. The Kier molecular flexibility index (Phi) is 3.05. The third-order valence-corrected chi connectivity index (χ3v) is 4.12. The van der Waals surface area contributed by atoms with Gasteiger partial charge in [0.25, 0.3) is 0 Å². The Bertz CT molecular complexity index is 688. The first kappa shape index (κ1) is 11.9. The van der Waals surface area contributed by atoms with Crippen molar-refractivity contribution in [3.05, 3.63) is 41.4 Å². The third kappa shape index (κ3) is 2.13. The van der Waals surface area contributed by atoms with E-state index in [1.54, 1.807) is 17.5 Å². The maximum atomic E-state index is 5.89. The highest BCUT2D eigenvalue weighted by molar-refractivity contribution is 7.15. The van der Waals surface area contributed by atoms with Gasteiger partial charge in [-0.25, -0.2) is 0 Å². The Morgan fingerprint density at radius 2 is 2.16 bits per heavy atom. The van der Waals surface area contributed by atoms with Crippen molar-refractivity contribution in [2.45, 2.75) is 13.3 Å². The quantitative estimate of drug-likeness (QED) is 0.790. The van der Waals surface area contributed by atoms with Crippen molar-refractivity contribution in [2.24, 2.45) is 0 Å². The second-order valence-electron chi connectivity index (χ2n) is 4.10. The van der Waals surface area contributed by atoms with Crippen molar-refractivity contribution in [1.29, 1.82) is 0 Å². The summed E-state index contributed by atoms with van der Waals surface area (Å²) in [5.74, 6) is 0.306. The Morgan fingerprint density at radius 1 is 1.26 bits per heavy atom. The van der Waals surface area contributed by atoms with Crippen LogP contribution >= 0.6 is 11.3 Å². The van der Waals surface area contributed by atoms with Gasteiger partial charge in [-0.2, -0.15) is 0 Å². The van der Waals surface area contributed by atoms with Crippen LogP contribution in [0.1, 0.15) is 11.8 Å². The van der Waals surface area contributed by atoms with Crippen LogP contribution in [0.3, 0.4) is 0 Å². The molecule has 0 amide bonds. The molecule has 0 aliphatic heterocycles. The highest BCUT2D eigenvalue weighted by Crippen LogP contribution is 2.38. The zero-order valence-corrected chi connectivity index (χ0v) is 11.3. The largest absolute Gasteiger partial charge is 0.367 e. The van der Waals surface area contributed by atoms with E-state index in [0.717, 1.165) is 28.2 Å². The smallest absolute Gasteiger partial charge is 0.232 e. The summed E-state index contributed by atoms with van der Waals surface area (Å²) in [5.41, 5.74) is 8.20. The summed E-state index contributed by atoms with van der Waals surface area (Å²) in [5, 5.41) is 4.08. The molecule has 0 radical (unpaired) electrons. The summed E-state index contributed by atoms with van der Waals surface area (Å²) in [6.45, 7) is 2.13. The average Bonchev–Trinajstić information content (AvgIpc) is 3.05. The first-order valence-electron chi connectivity index (χ1n) is 6.05. The molecular weight excluding hydrogens is 258 g/mol. The summed E-state index contributed by atoms with van der Waals surface area (Å²) in [6, 6.07) is 9.85. The molecular formula is C14H13N3OS. The molecule has 0 aliphatic carbocycles. The van der Waals surface area contributed by atoms with Gasteiger partial charge >= 0.3 is 0 Å². The van der Waals surface area contributed by atoms with E-state index in [9.17, 15) is 0 Å². The number of pyridine rings is 1. The SMILES string of the molecule is CCc1ccc(-c2noc(N)c2-c2ccccn2)s1. The van der Waals surface area contributed by atoms with E-state index in [1.807, 2.05) is 24.3 Å². The van der Waals surface area contributed by atoms with E-state index in [4.69, 9.17) is 10.3 Å². The molecule has 3 aromatic heterocycles. The lowest BCUT2D eigenvalue weighted by molar-refractivity contribution is 0.439. The Balaban J connectivity index is 2.13. The molecule has 0 saturated carbocycles. The van der Waals surface area contributed by atoms with E-state index in [-0.39, 0.29) is 0 Å². The molecule has 3 aromatic rings. The van der Waals surface area contributed by atoms with Gasteiger partial charge in [-0.05, 0) is 30.7 Å². The minimum Gasteiger partial charge on any atom is -0.367 e. The number of rotatable bonds is 3. The molecule has 0 aliphatic rings. The van der Waals surface area contributed by atoms with Crippen LogP contribution in [0.4, 0.5) is 5.88 Å². The van der Waals surface area contributed by atoms with E-state index >= 15 is 0 Å². The molecule has 5 heteroatoms. The van der Waals surface area contributed by atoms with Crippen molar-refractivity contribution in [1.82, 2.24) is 10.1 Å². The number of hydrogen-bond acceptors (Lipinski definition) is 5. The van der Waals surface area contributed by atoms with Gasteiger partial charge < -0.3 is 10.3 Å². The number of thiophene rings is 1. The fraction of sp³-hybridized carbons (Fsp3) is 0.143. The van der Waals surface area contributed by atoms with Crippen molar-refractivity contribution in [3.63, 3.8) is 0 Å². The molecule has 0 spiro atoms. The van der Waals surface area contributed by atoms with Crippen molar-refractivity contribution in [2.75, 3.05) is 5.73 Å². The van der Waals surface area contributed by atoms with Crippen molar-refractivity contribution >= 4 is 17.2 Å². The van der Waals surface area contributed by atoms with Gasteiger partial charge in [0.2, 0.25) is 5.88 Å². The second kappa shape index (κ2) is 4.85. The zero-order valence-electron chi connectivity index (χ0n) is 10.5. The molecule has 2 N–H and O–H groups in total. The maximum Gasteiger partial charge on any atom is 0.232 e. The Hall–Kier alpha value is -2.14. The molecule has 96 valence electrons. The fourth-order valence-corrected chi connectivity index (χ4v) is 2.86. The first-order valence-corrected chi connectivity index (χ1v) is 6.87. The lowest BCUT2D eigenvalue weighted by atomic mass is 10.1. The van der Waals surface area contributed by atoms with E-state index < -0.39 is 0 Å². The van der Waals surface area contributed by atoms with Crippen molar-refractivity contribution in [3.8, 4) is 21.8 Å². The molecule has 3 rings (SSSR count). The molecule has 0 aromatic carbocycles. The van der Waals surface area contributed by atoms with Crippen LogP contribution in [-0.2, 0) is 6.42 Å². The van der Waals surface area contributed by atoms with Crippen LogP contribution in [0.15, 0.2) is 41.1 Å². The van der Waals surface area contributed by atoms with Crippen LogP contribution < -0.4 is 5.73 Å². The number of anilines is 1. The van der Waals surface area contributed by atoms with Crippen LogP contribution in [0, 0.1) is 0 Å². The van der Waals surface area contributed by atoms with E-state index in [2.05, 4.69) is 23.1 Å². The van der Waals surface area contributed by atoms with Crippen LogP contribution in [0.5, 0.6) is 0 Å². The predicted molar refractivity (Wildman–Crippen MR) is 76.8 cm³/mol.